The summed E-state index contributed by atoms with van der Waals surface area (Å²) in [6.45, 7) is 28.5. The maximum atomic E-state index is 3.61. The van der Waals surface area contributed by atoms with Crippen LogP contribution in [-0.2, 0) is 83.5 Å². The zero-order valence-corrected chi connectivity index (χ0v) is 77.3. The van der Waals surface area contributed by atoms with Gasteiger partial charge in [0, 0.05) is 74.3 Å². The molecule has 0 N–H and O–H groups in total. The van der Waals surface area contributed by atoms with E-state index in [0.717, 1.165) is 209 Å². The van der Waals surface area contributed by atoms with Gasteiger partial charge in [-0.05, 0) is 234 Å². The molecular formula is C102H80S13. The third kappa shape index (κ3) is 21.5. The molecule has 0 atom stereocenters. The van der Waals surface area contributed by atoms with Crippen molar-refractivity contribution in [2.24, 2.45) is 0 Å². The highest BCUT2D eigenvalue weighted by molar-refractivity contribution is 7.16. The molecule has 0 spiro atoms. The number of rotatable bonds is 13. The summed E-state index contributed by atoms with van der Waals surface area (Å²) in [5, 5.41) is 2.15. The van der Waals surface area contributed by atoms with Gasteiger partial charge in [0.05, 0.1) is 120 Å². The minimum atomic E-state index is 0.887. The van der Waals surface area contributed by atoms with Crippen molar-refractivity contribution in [3.8, 4) is 142 Å². The van der Waals surface area contributed by atoms with Crippen LogP contribution in [0, 0.1) is 142 Å². The Hall–Kier alpha value is -9.18. The summed E-state index contributed by atoms with van der Waals surface area (Å²) in [4.78, 5) is 28.2. The fourth-order valence-electron chi connectivity index (χ4n) is 11.6. The second kappa shape index (κ2) is 40.6. The number of thiophene rings is 13. The van der Waals surface area contributed by atoms with Gasteiger partial charge in [0.25, 0.3) is 0 Å². The fourth-order valence-corrected chi connectivity index (χ4v) is 23.1. The lowest BCUT2D eigenvalue weighted by atomic mass is 10.1. The van der Waals surface area contributed by atoms with Crippen LogP contribution in [-0.4, -0.2) is 0 Å². The Labute approximate surface area is 734 Å². The zero-order chi connectivity index (χ0) is 80.3. The van der Waals surface area contributed by atoms with Crippen LogP contribution in [0.1, 0.15) is 279 Å². The first-order chi connectivity index (χ1) is 56.2. The average molecular weight is 1720 g/mol. The highest BCUT2D eigenvalue weighted by Gasteiger charge is 2.17. The molecule has 0 nitrogen and oxygen atoms in total. The molecule has 0 aliphatic heterocycles. The molecular weight excluding hydrogens is 1640 g/mol. The third-order valence-electron chi connectivity index (χ3n) is 18.2. The van der Waals surface area contributed by atoms with Crippen molar-refractivity contribution in [1.29, 1.82) is 0 Å². The van der Waals surface area contributed by atoms with E-state index in [1.807, 2.05) is 0 Å². The minimum absolute atomic E-state index is 0.887. The Kier molecular flexibility index (Phi) is 29.6. The molecule has 0 fully saturated rings. The van der Waals surface area contributed by atoms with E-state index in [2.05, 4.69) is 322 Å². The predicted molar refractivity (Wildman–Crippen MR) is 510 cm³/mol. The van der Waals surface area contributed by atoms with E-state index >= 15 is 0 Å². The maximum absolute atomic E-state index is 3.61. The van der Waals surface area contributed by atoms with Crippen LogP contribution in [0.2, 0.25) is 0 Å². The van der Waals surface area contributed by atoms with Crippen LogP contribution in [0.25, 0.3) is 0 Å². The Morgan fingerprint density at radius 2 is 0.339 bits per heavy atom. The van der Waals surface area contributed by atoms with Gasteiger partial charge in [-0.2, -0.15) is 0 Å². The molecule has 0 saturated heterocycles. The minimum Gasteiger partial charge on any atom is -0.148 e. The topological polar surface area (TPSA) is 0 Å². The maximum Gasteiger partial charge on any atom is 0.0931 e. The van der Waals surface area contributed by atoms with Crippen LogP contribution in [0.3, 0.4) is 0 Å². The monoisotopic (exact) mass is 1720 g/mol. The first-order valence-electron chi connectivity index (χ1n) is 39.0. The fraction of sp³-hybridized carbons (Fsp3) is 0.255. The predicted octanol–water partition coefficient (Wildman–Crippen LogP) is 26.6. The molecule has 0 aliphatic rings. The van der Waals surface area contributed by atoms with Crippen molar-refractivity contribution < 1.29 is 0 Å². The lowest BCUT2D eigenvalue weighted by Gasteiger charge is -1.90. The molecule has 0 aliphatic carbocycles. The average Bonchev–Trinajstić information content (AvgIpc) is 1.69. The summed E-state index contributed by atoms with van der Waals surface area (Å²) in [5.41, 5.74) is 11.5. The van der Waals surface area contributed by atoms with E-state index in [0.29, 0.717) is 0 Å². The van der Waals surface area contributed by atoms with Crippen LogP contribution in [0.4, 0.5) is 0 Å². The van der Waals surface area contributed by atoms with E-state index in [-0.39, 0.29) is 0 Å². The largest absolute Gasteiger partial charge is 0.148 e. The third-order valence-corrected chi connectivity index (χ3v) is 33.6. The Morgan fingerprint density at radius 1 is 0.165 bits per heavy atom. The molecule has 0 aromatic carbocycles. The number of hydrogen-bond acceptors (Lipinski definition) is 13. The Morgan fingerprint density at radius 3 is 0.504 bits per heavy atom. The molecule has 13 rings (SSSR count). The number of hydrogen-bond donors (Lipinski definition) is 0. The first-order valence-corrected chi connectivity index (χ1v) is 49.7. The summed E-state index contributed by atoms with van der Waals surface area (Å²) < 4.78 is 0. The van der Waals surface area contributed by atoms with Gasteiger partial charge in [-0.25, -0.2) is 0 Å². The van der Waals surface area contributed by atoms with E-state index in [9.17, 15) is 0 Å². The highest BCUT2D eigenvalue weighted by Crippen LogP contribution is 2.34. The van der Waals surface area contributed by atoms with E-state index in [4.69, 9.17) is 0 Å². The van der Waals surface area contributed by atoms with Gasteiger partial charge in [-0.3, -0.25) is 0 Å². The molecule has 0 bridgehead atoms. The van der Waals surface area contributed by atoms with Crippen molar-refractivity contribution in [3.05, 3.63) is 279 Å². The van der Waals surface area contributed by atoms with Gasteiger partial charge in [0.1, 0.15) is 0 Å². The molecule has 566 valence electrons. The molecule has 13 aromatic heterocycles. The first kappa shape index (κ1) is 83.8. The Bertz CT molecular complexity index is 6250. The molecule has 13 aromatic rings. The molecule has 0 amide bonds. The van der Waals surface area contributed by atoms with Gasteiger partial charge < -0.3 is 0 Å². The van der Waals surface area contributed by atoms with Gasteiger partial charge >= 0.3 is 0 Å². The highest BCUT2D eigenvalue weighted by atomic mass is 32.1. The van der Waals surface area contributed by atoms with Crippen LogP contribution in [0.5, 0.6) is 0 Å². The van der Waals surface area contributed by atoms with Crippen molar-refractivity contribution >= 4 is 147 Å². The summed E-state index contributed by atoms with van der Waals surface area (Å²) >= 11 is 22.5. The van der Waals surface area contributed by atoms with E-state index < -0.39 is 0 Å². The van der Waals surface area contributed by atoms with E-state index in [1.54, 1.807) is 147 Å². The second-order valence-corrected chi connectivity index (χ2v) is 40.8. The van der Waals surface area contributed by atoms with Crippen molar-refractivity contribution in [2.75, 3.05) is 0 Å². The summed E-state index contributed by atoms with van der Waals surface area (Å²) in [6.07, 6.45) is 12.0. The molecule has 13 heterocycles. The van der Waals surface area contributed by atoms with Gasteiger partial charge in [-0.15, -0.1) is 147 Å². The molecule has 0 unspecified atom stereocenters. The zero-order valence-electron chi connectivity index (χ0n) is 66.7. The summed E-state index contributed by atoms with van der Waals surface area (Å²) in [6, 6.07) is 30.8. The van der Waals surface area contributed by atoms with Gasteiger partial charge in [-0.1, -0.05) is 167 Å². The lowest BCUT2D eigenvalue weighted by Crippen LogP contribution is -1.80. The lowest BCUT2D eigenvalue weighted by molar-refractivity contribution is 1.19. The van der Waals surface area contributed by atoms with Gasteiger partial charge in [0.2, 0.25) is 0 Å². The quantitative estimate of drug-likeness (QED) is 0.101. The molecule has 13 heteroatoms. The number of aryl methyl sites for hydroxylation is 13. The van der Waals surface area contributed by atoms with Crippen molar-refractivity contribution in [2.45, 2.75) is 173 Å². The van der Waals surface area contributed by atoms with Crippen LogP contribution >= 0.6 is 147 Å². The molecule has 115 heavy (non-hydrogen) atoms. The van der Waals surface area contributed by atoms with E-state index in [1.165, 1.54) is 63.4 Å². The molecule has 0 saturated carbocycles. The smallest absolute Gasteiger partial charge is 0.0931 e. The normalized spacial score (nSPS) is 10.3. The standard InChI is InChI=1S/C102H80S13/c1-14-78-40-41-91(104-78)39-28-67-54-80(16-3)106-93(67)43-30-69-56-82(18-5)108-95(69)45-32-71-58-84(20-7)110-97(71)47-34-73-60-86(22-9)112-99(73)49-36-75-62-88(24-11)114-101(75)51-38-77-64-90(26-13)115-102(77)52-37-76-63-89(25-12)113-100(76)50-35-74-61-87(23-10)111-98(74)48-33-72-59-85(21-8)109-96(72)46-31-70-57-83(19-6)107-94(70)44-29-68-55-81(17-4)105-92(68)42-27-66-53-79(15-2)103-65-66/h40-41,53-65H,14-26H2,1-13H3. The van der Waals surface area contributed by atoms with Crippen molar-refractivity contribution in [3.63, 3.8) is 0 Å². The molecule has 0 radical (unpaired) electrons. The summed E-state index contributed by atoms with van der Waals surface area (Å²) in [7, 11) is 0. The summed E-state index contributed by atoms with van der Waals surface area (Å²) in [5.74, 6) is 85.4. The Balaban J connectivity index is 0.737. The van der Waals surface area contributed by atoms with Crippen molar-refractivity contribution in [1.82, 2.24) is 0 Å². The van der Waals surface area contributed by atoms with Gasteiger partial charge in [0.15, 0.2) is 0 Å². The van der Waals surface area contributed by atoms with Crippen LogP contribution < -0.4 is 0 Å². The van der Waals surface area contributed by atoms with Crippen LogP contribution in [0.15, 0.2) is 90.3 Å². The second-order valence-electron chi connectivity index (χ2n) is 26.2. The SMILES string of the molecule is CCc1cc(C#Cc2sc(CC)cc2C#Cc2sc(CC)cc2C#Cc2sc(CC)cc2C#Cc2sc(CC)cc2C#Cc2sc(CC)cc2C#Cc2sc(CC)cc2C#Cc2sc(CC)cc2C#Cc2sc(CC)cc2C#Cc2sc(CC)cc2C#Cc2sc(CC)cc2C#Cc2sc(CC)cc2C#Cc2ccc(CC)s2)cs1.